The number of aryl methyl sites for hydroxylation is 2. The van der Waals surface area contributed by atoms with Gasteiger partial charge >= 0.3 is 0 Å². The second-order valence-corrected chi connectivity index (χ2v) is 6.98. The van der Waals surface area contributed by atoms with Gasteiger partial charge < -0.3 is 14.8 Å². The fourth-order valence-corrected chi connectivity index (χ4v) is 3.92. The van der Waals surface area contributed by atoms with E-state index in [2.05, 4.69) is 42.8 Å². The van der Waals surface area contributed by atoms with Crippen LogP contribution in [0, 0.1) is 6.92 Å². The van der Waals surface area contributed by atoms with Gasteiger partial charge in [0, 0.05) is 51.7 Å². The summed E-state index contributed by atoms with van der Waals surface area (Å²) in [5.74, 6) is 2.18. The average molecular weight is 332 g/mol. The number of likely N-dealkylation sites (tertiary alicyclic amines) is 2. The molecule has 3 rings (SSSR count). The molecule has 0 bridgehead atoms. The molecule has 0 spiro atoms. The highest BCUT2D eigenvalue weighted by atomic mass is 15.3. The summed E-state index contributed by atoms with van der Waals surface area (Å²) in [6, 6.07) is 0.732. The Hall–Kier alpha value is -1.56. The van der Waals surface area contributed by atoms with Crippen LogP contribution < -0.4 is 5.32 Å². The summed E-state index contributed by atoms with van der Waals surface area (Å²) in [6.45, 7) is 8.95. The van der Waals surface area contributed by atoms with E-state index >= 15 is 0 Å². The number of nitrogens with one attached hydrogen (secondary N) is 1. The number of unbranched alkanes of at least 4 members (excludes halogenated alkanes) is 1. The second-order valence-electron chi connectivity index (χ2n) is 6.98. The fraction of sp³-hybridized carbons (Fsp3) is 0.778. The molecule has 1 aromatic heterocycles. The Balaban J connectivity index is 1.35. The van der Waals surface area contributed by atoms with Gasteiger partial charge in [0.15, 0.2) is 5.96 Å². The highest BCUT2D eigenvalue weighted by molar-refractivity contribution is 5.80. The van der Waals surface area contributed by atoms with E-state index in [1.165, 1.54) is 32.4 Å². The minimum absolute atomic E-state index is 0.732. The van der Waals surface area contributed by atoms with E-state index in [1.54, 1.807) is 0 Å². The number of hydrogen-bond acceptors (Lipinski definition) is 3. The molecule has 0 aromatic carbocycles. The lowest BCUT2D eigenvalue weighted by Crippen LogP contribution is -2.43. The van der Waals surface area contributed by atoms with Crippen molar-refractivity contribution in [1.29, 1.82) is 0 Å². The van der Waals surface area contributed by atoms with E-state index < -0.39 is 0 Å². The van der Waals surface area contributed by atoms with Crippen LogP contribution in [0.25, 0.3) is 0 Å². The van der Waals surface area contributed by atoms with Crippen LogP contribution in [0.15, 0.2) is 17.4 Å². The summed E-state index contributed by atoms with van der Waals surface area (Å²) in [6.07, 6.45) is 10.3. The molecule has 2 saturated heterocycles. The van der Waals surface area contributed by atoms with Crippen LogP contribution in [0.5, 0.6) is 0 Å². The Morgan fingerprint density at radius 2 is 2.12 bits per heavy atom. The van der Waals surface area contributed by atoms with E-state index in [4.69, 9.17) is 0 Å². The number of guanidine groups is 1. The van der Waals surface area contributed by atoms with Gasteiger partial charge in [0.2, 0.25) is 0 Å². The first kappa shape index (κ1) is 17.3. The predicted octanol–water partition coefficient (Wildman–Crippen LogP) is 1.72. The average Bonchev–Trinajstić information content (AvgIpc) is 3.32. The number of imidazole rings is 1. The molecular weight excluding hydrogens is 300 g/mol. The molecule has 2 aliphatic heterocycles. The maximum absolute atomic E-state index is 4.49. The van der Waals surface area contributed by atoms with Crippen molar-refractivity contribution in [1.82, 2.24) is 24.7 Å². The molecule has 6 nitrogen and oxygen atoms in total. The summed E-state index contributed by atoms with van der Waals surface area (Å²) in [4.78, 5) is 13.9. The zero-order chi connectivity index (χ0) is 16.8. The first-order chi connectivity index (χ1) is 11.8. The third kappa shape index (κ3) is 4.29. The lowest BCUT2D eigenvalue weighted by molar-refractivity contribution is 0.249. The standard InChI is InChI=1S/C18H32N6/c1-16-20-9-14-22(16)10-4-3-8-21-18(19-2)24-13-7-17(15-24)23-11-5-6-12-23/h9,14,17H,3-8,10-13,15H2,1-2H3,(H,19,21). The summed E-state index contributed by atoms with van der Waals surface area (Å²) in [5.41, 5.74) is 0. The maximum atomic E-state index is 4.49. The van der Waals surface area contributed by atoms with Gasteiger partial charge in [0.25, 0.3) is 0 Å². The summed E-state index contributed by atoms with van der Waals surface area (Å²) in [7, 11) is 1.90. The quantitative estimate of drug-likeness (QED) is 0.489. The molecule has 1 N–H and O–H groups in total. The summed E-state index contributed by atoms with van der Waals surface area (Å²) >= 11 is 0. The number of hydrogen-bond donors (Lipinski definition) is 1. The van der Waals surface area contributed by atoms with E-state index in [0.29, 0.717) is 0 Å². The van der Waals surface area contributed by atoms with Gasteiger partial charge in [0.05, 0.1) is 0 Å². The van der Waals surface area contributed by atoms with Gasteiger partial charge in [-0.3, -0.25) is 9.89 Å². The molecule has 0 amide bonds. The Morgan fingerprint density at radius 1 is 1.29 bits per heavy atom. The smallest absolute Gasteiger partial charge is 0.193 e. The van der Waals surface area contributed by atoms with Crippen LogP contribution in [0.4, 0.5) is 0 Å². The molecular formula is C18H32N6. The largest absolute Gasteiger partial charge is 0.356 e. The van der Waals surface area contributed by atoms with Crippen molar-refractivity contribution in [2.24, 2.45) is 4.99 Å². The molecule has 6 heteroatoms. The van der Waals surface area contributed by atoms with Gasteiger partial charge in [-0.1, -0.05) is 0 Å². The van der Waals surface area contributed by atoms with Crippen molar-refractivity contribution >= 4 is 5.96 Å². The number of aliphatic imine (C=N–C) groups is 1. The topological polar surface area (TPSA) is 48.7 Å². The monoisotopic (exact) mass is 332 g/mol. The molecule has 0 aliphatic carbocycles. The lowest BCUT2D eigenvalue weighted by Gasteiger charge is -2.25. The zero-order valence-electron chi connectivity index (χ0n) is 15.2. The number of aromatic nitrogens is 2. The molecule has 2 aliphatic rings. The van der Waals surface area contributed by atoms with Crippen molar-refractivity contribution < 1.29 is 0 Å². The van der Waals surface area contributed by atoms with Crippen molar-refractivity contribution in [3.8, 4) is 0 Å². The second kappa shape index (κ2) is 8.51. The van der Waals surface area contributed by atoms with Gasteiger partial charge in [-0.2, -0.15) is 0 Å². The normalized spacial score (nSPS) is 22.5. The molecule has 3 heterocycles. The zero-order valence-corrected chi connectivity index (χ0v) is 15.2. The molecule has 0 radical (unpaired) electrons. The van der Waals surface area contributed by atoms with E-state index in [-0.39, 0.29) is 0 Å². The van der Waals surface area contributed by atoms with Crippen LogP contribution in [-0.4, -0.2) is 71.1 Å². The van der Waals surface area contributed by atoms with Crippen molar-refractivity contribution in [2.75, 3.05) is 39.8 Å². The van der Waals surface area contributed by atoms with Crippen LogP contribution in [-0.2, 0) is 6.54 Å². The molecule has 1 unspecified atom stereocenters. The van der Waals surface area contributed by atoms with Crippen LogP contribution >= 0.6 is 0 Å². The lowest BCUT2D eigenvalue weighted by atomic mass is 10.2. The predicted molar refractivity (Wildman–Crippen MR) is 98.3 cm³/mol. The van der Waals surface area contributed by atoms with Crippen molar-refractivity contribution in [3.05, 3.63) is 18.2 Å². The Morgan fingerprint density at radius 3 is 2.83 bits per heavy atom. The minimum Gasteiger partial charge on any atom is -0.356 e. The number of rotatable bonds is 6. The van der Waals surface area contributed by atoms with Gasteiger partial charge in [-0.05, 0) is 52.1 Å². The van der Waals surface area contributed by atoms with E-state index in [9.17, 15) is 0 Å². The highest BCUT2D eigenvalue weighted by Crippen LogP contribution is 2.20. The van der Waals surface area contributed by atoms with Crippen LogP contribution in [0.3, 0.4) is 0 Å². The molecule has 0 saturated carbocycles. The highest BCUT2D eigenvalue weighted by Gasteiger charge is 2.30. The Bertz CT molecular complexity index is 531. The van der Waals surface area contributed by atoms with Gasteiger partial charge in [-0.15, -0.1) is 0 Å². The molecule has 24 heavy (non-hydrogen) atoms. The fourth-order valence-electron chi connectivity index (χ4n) is 3.92. The summed E-state index contributed by atoms with van der Waals surface area (Å²) < 4.78 is 2.22. The maximum Gasteiger partial charge on any atom is 0.193 e. The molecule has 1 aromatic rings. The third-order valence-corrected chi connectivity index (χ3v) is 5.36. The van der Waals surface area contributed by atoms with E-state index in [1.807, 2.05) is 13.2 Å². The molecule has 2 fully saturated rings. The first-order valence-corrected chi connectivity index (χ1v) is 9.45. The van der Waals surface area contributed by atoms with Gasteiger partial charge in [0.1, 0.15) is 5.82 Å². The first-order valence-electron chi connectivity index (χ1n) is 9.45. The van der Waals surface area contributed by atoms with Gasteiger partial charge in [-0.25, -0.2) is 4.98 Å². The van der Waals surface area contributed by atoms with Crippen molar-refractivity contribution in [2.45, 2.75) is 51.6 Å². The molecule has 134 valence electrons. The SMILES string of the molecule is CN=C(NCCCCn1ccnc1C)N1CCC(N2CCCC2)C1. The van der Waals surface area contributed by atoms with Crippen LogP contribution in [0.2, 0.25) is 0 Å². The van der Waals surface area contributed by atoms with Crippen molar-refractivity contribution in [3.63, 3.8) is 0 Å². The molecule has 1 atom stereocenters. The van der Waals surface area contributed by atoms with Crippen LogP contribution in [0.1, 0.15) is 37.9 Å². The van der Waals surface area contributed by atoms with E-state index in [0.717, 1.165) is 56.8 Å². The third-order valence-electron chi connectivity index (χ3n) is 5.36. The Kier molecular flexibility index (Phi) is 6.12. The number of nitrogens with zero attached hydrogens (tertiary/aromatic N) is 5. The Labute approximate surface area is 145 Å². The summed E-state index contributed by atoms with van der Waals surface area (Å²) in [5, 5.41) is 3.55. The minimum atomic E-state index is 0.732.